The number of nitrogens with zero attached hydrogens (tertiary/aromatic N) is 3. The molecule has 1 saturated heterocycles. The molecule has 3 aromatic rings. The smallest absolute Gasteiger partial charge is 0.250 e. The second-order valence-electron chi connectivity index (χ2n) is 9.39. The van der Waals surface area contributed by atoms with Crippen LogP contribution in [0.5, 0.6) is 5.75 Å². The molecule has 35 heavy (non-hydrogen) atoms. The number of hydrogen-bond acceptors (Lipinski definition) is 5. The Balaban J connectivity index is 1.79. The first kappa shape index (κ1) is 24.7. The summed E-state index contributed by atoms with van der Waals surface area (Å²) in [5.41, 5.74) is 3.30. The number of carbonyl (C=O) groups is 1. The number of methoxy groups -OCH3 is 2. The fourth-order valence-electron chi connectivity index (χ4n) is 4.24. The van der Waals surface area contributed by atoms with Gasteiger partial charge in [-0.3, -0.25) is 9.78 Å². The Kier molecular flexibility index (Phi) is 7.09. The van der Waals surface area contributed by atoms with E-state index in [0.29, 0.717) is 16.5 Å². The minimum Gasteiger partial charge on any atom is -0.495 e. The molecular formula is C26H31N5O3S. The molecule has 8 nitrogen and oxygen atoms in total. The van der Waals surface area contributed by atoms with Crippen LogP contribution in [0, 0.1) is 0 Å². The van der Waals surface area contributed by atoms with Gasteiger partial charge in [-0.25, -0.2) is 0 Å². The average Bonchev–Trinajstić information content (AvgIpc) is 3.44. The van der Waals surface area contributed by atoms with Gasteiger partial charge in [0, 0.05) is 36.9 Å². The van der Waals surface area contributed by atoms with Crippen LogP contribution in [-0.2, 0) is 15.1 Å². The number of thiocarbonyl (C=S) groups is 1. The van der Waals surface area contributed by atoms with Gasteiger partial charge in [-0.1, -0.05) is 6.07 Å². The maximum atomic E-state index is 12.2. The number of aromatic nitrogens is 2. The Morgan fingerprint density at radius 1 is 1.20 bits per heavy atom. The number of rotatable bonds is 7. The van der Waals surface area contributed by atoms with E-state index in [9.17, 15) is 4.79 Å². The molecule has 0 saturated carbocycles. The summed E-state index contributed by atoms with van der Waals surface area (Å²) in [4.78, 5) is 18.9. The number of ether oxygens (including phenoxy) is 2. The molecule has 1 aromatic carbocycles. The molecular weight excluding hydrogens is 462 g/mol. The van der Waals surface area contributed by atoms with E-state index in [1.165, 1.54) is 7.11 Å². The first-order valence-electron chi connectivity index (χ1n) is 11.4. The highest BCUT2D eigenvalue weighted by Crippen LogP contribution is 2.43. The van der Waals surface area contributed by atoms with E-state index in [-0.39, 0.29) is 30.1 Å². The molecule has 1 fully saturated rings. The molecule has 0 radical (unpaired) electrons. The molecule has 0 aliphatic carbocycles. The van der Waals surface area contributed by atoms with Crippen LogP contribution < -0.4 is 20.3 Å². The number of pyridine rings is 1. The molecule has 9 heteroatoms. The average molecular weight is 494 g/mol. The Bertz CT molecular complexity index is 1210. The van der Waals surface area contributed by atoms with E-state index < -0.39 is 0 Å². The molecule has 4 rings (SSSR count). The number of hydrogen-bond donors (Lipinski definition) is 2. The molecule has 184 valence electrons. The van der Waals surface area contributed by atoms with Crippen molar-refractivity contribution in [3.05, 3.63) is 72.3 Å². The van der Waals surface area contributed by atoms with Crippen molar-refractivity contribution in [2.24, 2.45) is 0 Å². The van der Waals surface area contributed by atoms with Crippen molar-refractivity contribution in [2.75, 3.05) is 31.0 Å². The highest BCUT2D eigenvalue weighted by atomic mass is 32.1. The van der Waals surface area contributed by atoms with Gasteiger partial charge in [-0.15, -0.1) is 0 Å². The summed E-state index contributed by atoms with van der Waals surface area (Å²) < 4.78 is 12.6. The lowest BCUT2D eigenvalue weighted by molar-refractivity contribution is -0.119. The molecule has 2 aromatic heterocycles. The molecule has 1 aliphatic rings. The maximum absolute atomic E-state index is 12.2. The second kappa shape index (κ2) is 10.1. The fourth-order valence-corrected chi connectivity index (χ4v) is 4.58. The maximum Gasteiger partial charge on any atom is 0.250 e. The lowest BCUT2D eigenvalue weighted by atomic mass is 9.98. The zero-order valence-electron chi connectivity index (χ0n) is 20.6. The van der Waals surface area contributed by atoms with Crippen LogP contribution in [0.4, 0.5) is 11.4 Å². The zero-order chi connectivity index (χ0) is 25.2. The molecule has 1 amide bonds. The normalized spacial score (nSPS) is 17.9. The molecule has 0 bridgehead atoms. The molecule has 0 unspecified atom stereocenters. The van der Waals surface area contributed by atoms with Gasteiger partial charge in [-0.05, 0) is 75.0 Å². The summed E-state index contributed by atoms with van der Waals surface area (Å²) in [7, 11) is 3.05. The molecule has 1 aliphatic heterocycles. The van der Waals surface area contributed by atoms with Crippen LogP contribution in [0.1, 0.15) is 44.1 Å². The lowest BCUT2D eigenvalue weighted by Crippen LogP contribution is -2.29. The van der Waals surface area contributed by atoms with Crippen LogP contribution in [0.25, 0.3) is 0 Å². The summed E-state index contributed by atoms with van der Waals surface area (Å²) >= 11 is 5.83. The number of carbonyl (C=O) groups excluding carboxylic acids is 1. The van der Waals surface area contributed by atoms with Crippen LogP contribution in [-0.4, -0.2) is 41.4 Å². The quantitative estimate of drug-likeness (QED) is 0.472. The third-order valence-electron chi connectivity index (χ3n) is 5.94. The van der Waals surface area contributed by atoms with Crippen molar-refractivity contribution in [3.8, 4) is 5.75 Å². The van der Waals surface area contributed by atoms with Gasteiger partial charge in [0.2, 0.25) is 5.91 Å². The summed E-state index contributed by atoms with van der Waals surface area (Å²) in [6, 6.07) is 13.3. The van der Waals surface area contributed by atoms with Gasteiger partial charge in [0.1, 0.15) is 12.4 Å². The van der Waals surface area contributed by atoms with Crippen LogP contribution in [0.3, 0.4) is 0 Å². The van der Waals surface area contributed by atoms with Crippen LogP contribution >= 0.6 is 12.2 Å². The Morgan fingerprint density at radius 3 is 2.63 bits per heavy atom. The summed E-state index contributed by atoms with van der Waals surface area (Å²) in [6.07, 6.45) is 6.04. The minimum absolute atomic E-state index is 0.0538. The van der Waals surface area contributed by atoms with Crippen molar-refractivity contribution in [1.82, 2.24) is 14.9 Å². The molecule has 3 heterocycles. The van der Waals surface area contributed by atoms with Crippen molar-refractivity contribution in [1.29, 1.82) is 0 Å². The molecule has 2 atom stereocenters. The van der Waals surface area contributed by atoms with E-state index in [2.05, 4.69) is 64.3 Å². The Morgan fingerprint density at radius 2 is 2.00 bits per heavy atom. The van der Waals surface area contributed by atoms with Gasteiger partial charge in [-0.2, -0.15) is 0 Å². The van der Waals surface area contributed by atoms with Crippen molar-refractivity contribution in [2.45, 2.75) is 38.4 Å². The summed E-state index contributed by atoms with van der Waals surface area (Å²) in [6.45, 7) is 6.45. The van der Waals surface area contributed by atoms with E-state index >= 15 is 0 Å². The number of benzene rings is 1. The van der Waals surface area contributed by atoms with Gasteiger partial charge in [0.25, 0.3) is 0 Å². The highest BCUT2D eigenvalue weighted by Gasteiger charge is 2.41. The van der Waals surface area contributed by atoms with Crippen molar-refractivity contribution >= 4 is 34.6 Å². The molecule has 2 N–H and O–H groups in total. The third kappa shape index (κ3) is 5.16. The summed E-state index contributed by atoms with van der Waals surface area (Å²) in [5, 5.41) is 6.92. The second-order valence-corrected chi connectivity index (χ2v) is 9.77. The first-order valence-corrected chi connectivity index (χ1v) is 11.8. The number of amides is 1. The van der Waals surface area contributed by atoms with E-state index in [4.69, 9.17) is 21.7 Å². The topological polar surface area (TPSA) is 80.7 Å². The number of anilines is 2. The SMILES string of the molecule is COCC(=O)Nc1cc(N2C(=S)N[C@H](c3ccccn3)[C@H]2c2ccn(C(C)(C)C)c2)ccc1OC. The Labute approximate surface area is 211 Å². The van der Waals surface area contributed by atoms with Crippen molar-refractivity contribution < 1.29 is 14.3 Å². The lowest BCUT2D eigenvalue weighted by Gasteiger charge is -2.28. The molecule has 0 spiro atoms. The predicted octanol–water partition coefficient (Wildman–Crippen LogP) is 4.41. The standard InChI is InChI=1S/C26H31N5O3S/c1-26(2,3)30-13-11-17(15-30)24-23(19-8-6-7-12-27-19)29-25(35)31(24)18-9-10-21(34-5)20(14-18)28-22(32)16-33-4/h6-15,23-24H,16H2,1-5H3,(H,28,32)(H,29,35)/t23-,24-/m1/s1. The van der Waals surface area contributed by atoms with Gasteiger partial charge < -0.3 is 29.6 Å². The zero-order valence-corrected chi connectivity index (χ0v) is 21.4. The predicted molar refractivity (Wildman–Crippen MR) is 141 cm³/mol. The fraction of sp³-hybridized carbons (Fsp3) is 0.346. The first-order chi connectivity index (χ1) is 16.7. The van der Waals surface area contributed by atoms with Crippen LogP contribution in [0.15, 0.2) is 61.1 Å². The van der Waals surface area contributed by atoms with E-state index in [1.54, 1.807) is 13.3 Å². The highest BCUT2D eigenvalue weighted by molar-refractivity contribution is 7.80. The van der Waals surface area contributed by atoms with Gasteiger partial charge in [0.15, 0.2) is 5.11 Å². The van der Waals surface area contributed by atoms with Gasteiger partial charge in [0.05, 0.1) is 30.6 Å². The van der Waals surface area contributed by atoms with Gasteiger partial charge >= 0.3 is 0 Å². The van der Waals surface area contributed by atoms with E-state index in [1.807, 2.05) is 36.4 Å². The largest absolute Gasteiger partial charge is 0.495 e. The van der Waals surface area contributed by atoms with E-state index in [0.717, 1.165) is 16.9 Å². The van der Waals surface area contributed by atoms with Crippen LogP contribution in [0.2, 0.25) is 0 Å². The third-order valence-corrected chi connectivity index (χ3v) is 6.26. The minimum atomic E-state index is -0.268. The Hall–Kier alpha value is -3.43. The summed E-state index contributed by atoms with van der Waals surface area (Å²) in [5.74, 6) is 0.281. The number of nitrogens with one attached hydrogen (secondary N) is 2. The van der Waals surface area contributed by atoms with Crippen molar-refractivity contribution in [3.63, 3.8) is 0 Å². The monoisotopic (exact) mass is 493 g/mol.